The third kappa shape index (κ3) is 9.51. The van der Waals surface area contributed by atoms with Gasteiger partial charge in [0.2, 0.25) is 5.95 Å². The number of urea groups is 1. The lowest BCUT2D eigenvalue weighted by molar-refractivity contribution is -0.144. The Labute approximate surface area is 289 Å². The van der Waals surface area contributed by atoms with Crippen molar-refractivity contribution >= 4 is 67.1 Å². The van der Waals surface area contributed by atoms with Gasteiger partial charge in [-0.1, -0.05) is 35.3 Å². The topological polar surface area (TPSA) is 167 Å². The van der Waals surface area contributed by atoms with Gasteiger partial charge in [0.15, 0.2) is 5.69 Å². The van der Waals surface area contributed by atoms with Gasteiger partial charge in [0.25, 0.3) is 10.0 Å². The molecule has 0 aliphatic rings. The number of nitrogens with zero attached hydrogens (tertiary/aromatic N) is 5. The van der Waals surface area contributed by atoms with E-state index >= 15 is 0 Å². The number of anilines is 1. The van der Waals surface area contributed by atoms with Crippen LogP contribution in [0, 0.1) is 12.7 Å². The minimum absolute atomic E-state index is 0.00882. The zero-order valence-corrected chi connectivity index (χ0v) is 29.2. The molecule has 2 aromatic carbocycles. The lowest BCUT2D eigenvalue weighted by Gasteiger charge is -2.11. The molecule has 0 bridgehead atoms. The third-order valence-electron chi connectivity index (χ3n) is 5.62. The summed E-state index contributed by atoms with van der Waals surface area (Å²) in [5.41, 5.74) is -1.86. The van der Waals surface area contributed by atoms with E-state index in [4.69, 9.17) is 32.7 Å². The molecule has 2 amide bonds. The van der Waals surface area contributed by atoms with E-state index in [1.54, 1.807) is 26.8 Å². The molecule has 0 saturated heterocycles. The highest BCUT2D eigenvalue weighted by molar-refractivity contribution is 9.10. The number of hydrogen-bond donors (Lipinski definition) is 2. The number of methoxy groups -OCH3 is 1. The van der Waals surface area contributed by atoms with Crippen LogP contribution in [-0.2, 0) is 28.0 Å². The molecule has 0 unspecified atom stereocenters. The highest BCUT2D eigenvalue weighted by atomic mass is 79.9. The number of nitrogens with one attached hydrogen (secondary N) is 2. The largest absolute Gasteiger partial charge is 0.467 e. The molecule has 4 rings (SSSR count). The average Bonchev–Trinajstić information content (AvgIpc) is 3.26. The number of sulfonamides is 1. The number of amides is 2. The standard InChI is InChI=1S/C15H12BrClF4N2O2.C12H12ClN5O4S/c1-6(2)25-14(24)7-4-8(10(18)5-9(7)17)12-11(16)13(15(19,20)21)23(3)22-12;1-7-14-10(17-12(15-7)22-2)16-11(19)18-23(20,21)9-6-4-3-5-8(9)13/h4-6H,1-3H3;3-6H,1-2H3,(H2,14,15,16,17,18,19). The summed E-state index contributed by atoms with van der Waals surface area (Å²) in [5, 5.41) is 5.68. The van der Waals surface area contributed by atoms with Gasteiger partial charge in [-0.05, 0) is 61.0 Å². The van der Waals surface area contributed by atoms with Crippen molar-refractivity contribution in [3.63, 3.8) is 0 Å². The highest BCUT2D eigenvalue weighted by Crippen LogP contribution is 2.41. The quantitative estimate of drug-likeness (QED) is 0.154. The molecule has 0 aliphatic carbocycles. The lowest BCUT2D eigenvalue weighted by atomic mass is 10.1. The minimum Gasteiger partial charge on any atom is -0.467 e. The van der Waals surface area contributed by atoms with Gasteiger partial charge in [0.05, 0.1) is 33.3 Å². The van der Waals surface area contributed by atoms with Gasteiger partial charge in [-0.25, -0.2) is 27.1 Å². The van der Waals surface area contributed by atoms with Crippen LogP contribution in [-0.4, -0.2) is 58.4 Å². The summed E-state index contributed by atoms with van der Waals surface area (Å²) in [6.07, 6.45) is -5.14. The van der Waals surface area contributed by atoms with Gasteiger partial charge in [-0.3, -0.25) is 10.00 Å². The van der Waals surface area contributed by atoms with E-state index in [-0.39, 0.29) is 43.7 Å². The molecule has 48 heavy (non-hydrogen) atoms. The number of ether oxygens (including phenoxy) is 2. The molecule has 2 aromatic heterocycles. The Balaban J connectivity index is 0.000000261. The average molecular weight is 801 g/mol. The predicted octanol–water partition coefficient (Wildman–Crippen LogP) is 6.58. The number of aryl methyl sites for hydroxylation is 2. The van der Waals surface area contributed by atoms with Gasteiger partial charge in [-0.15, -0.1) is 0 Å². The van der Waals surface area contributed by atoms with Crippen LogP contribution in [0.15, 0.2) is 45.8 Å². The second kappa shape index (κ2) is 15.4. The SMILES string of the molecule is CC(C)OC(=O)c1cc(-c2nn(C)c(C(F)(F)F)c2Br)c(F)cc1Cl.COc1nc(C)nc(NC(=O)NS(=O)(=O)c2ccccc2Cl)n1. The third-order valence-corrected chi connectivity index (χ3v) is 8.51. The molecule has 21 heteroatoms. The Hall–Kier alpha value is -4.07. The van der Waals surface area contributed by atoms with Crippen molar-refractivity contribution in [2.24, 2.45) is 7.05 Å². The molecule has 4 aromatic rings. The fourth-order valence-corrected chi connectivity index (χ4v) is 6.14. The fraction of sp³-hybridized carbons (Fsp3) is 0.259. The second-order valence-electron chi connectivity index (χ2n) is 9.58. The van der Waals surface area contributed by atoms with Gasteiger partial charge >= 0.3 is 24.2 Å². The van der Waals surface area contributed by atoms with Crippen LogP contribution in [0.2, 0.25) is 10.0 Å². The maximum Gasteiger partial charge on any atom is 0.434 e. The summed E-state index contributed by atoms with van der Waals surface area (Å²) >= 11 is 14.5. The molecule has 0 spiro atoms. The Morgan fingerprint density at radius 3 is 2.27 bits per heavy atom. The van der Waals surface area contributed by atoms with Crippen molar-refractivity contribution in [2.45, 2.75) is 37.9 Å². The molecule has 0 aliphatic heterocycles. The van der Waals surface area contributed by atoms with Crippen LogP contribution in [0.3, 0.4) is 0 Å². The van der Waals surface area contributed by atoms with Crippen LogP contribution in [0.4, 0.5) is 28.3 Å². The van der Waals surface area contributed by atoms with Gasteiger partial charge < -0.3 is 9.47 Å². The first-order valence-electron chi connectivity index (χ1n) is 13.1. The molecular weight excluding hydrogens is 777 g/mol. The van der Waals surface area contributed by atoms with E-state index in [2.05, 4.69) is 41.3 Å². The molecule has 0 radical (unpaired) electrons. The van der Waals surface area contributed by atoms with Crippen molar-refractivity contribution < 1.29 is 45.0 Å². The monoisotopic (exact) mass is 799 g/mol. The summed E-state index contributed by atoms with van der Waals surface area (Å²) in [5.74, 6) is -1.59. The van der Waals surface area contributed by atoms with Gasteiger partial charge in [-0.2, -0.15) is 33.2 Å². The zero-order valence-electron chi connectivity index (χ0n) is 25.3. The Morgan fingerprint density at radius 2 is 1.71 bits per heavy atom. The molecule has 2 N–H and O–H groups in total. The molecule has 0 atom stereocenters. The number of aromatic nitrogens is 5. The number of benzene rings is 2. The van der Waals surface area contributed by atoms with Crippen molar-refractivity contribution in [1.82, 2.24) is 29.5 Å². The number of esters is 1. The number of alkyl halides is 3. The van der Waals surface area contributed by atoms with E-state index in [0.717, 1.165) is 19.2 Å². The van der Waals surface area contributed by atoms with Crippen molar-refractivity contribution in [3.05, 3.63) is 73.8 Å². The van der Waals surface area contributed by atoms with E-state index in [1.165, 1.54) is 25.3 Å². The molecule has 0 saturated carbocycles. The smallest absolute Gasteiger partial charge is 0.434 e. The molecule has 2 heterocycles. The Bertz CT molecular complexity index is 1960. The summed E-state index contributed by atoms with van der Waals surface area (Å²) in [7, 11) is -1.70. The normalized spacial score (nSPS) is 11.4. The molecule has 258 valence electrons. The fourth-order valence-electron chi connectivity index (χ4n) is 3.71. The van der Waals surface area contributed by atoms with E-state index in [1.807, 2.05) is 4.72 Å². The molecular formula is C27H24BrCl2F4N7O6S. The van der Waals surface area contributed by atoms with Crippen LogP contribution in [0.5, 0.6) is 6.01 Å². The van der Waals surface area contributed by atoms with E-state index in [9.17, 15) is 35.6 Å². The predicted molar refractivity (Wildman–Crippen MR) is 169 cm³/mol. The van der Waals surface area contributed by atoms with E-state index in [0.29, 0.717) is 10.5 Å². The second-order valence-corrected chi connectivity index (χ2v) is 12.8. The zero-order chi connectivity index (χ0) is 36.1. The first-order chi connectivity index (χ1) is 22.2. The summed E-state index contributed by atoms with van der Waals surface area (Å²) in [4.78, 5) is 35.1. The number of carbonyl (C=O) groups excluding carboxylic acids is 2. The minimum atomic E-state index is -4.69. The maximum atomic E-state index is 14.3. The number of carbonyl (C=O) groups is 2. The van der Waals surface area contributed by atoms with Gasteiger partial charge in [0.1, 0.15) is 22.2 Å². The van der Waals surface area contributed by atoms with Crippen molar-refractivity contribution in [3.8, 4) is 17.3 Å². The Morgan fingerprint density at radius 1 is 1.06 bits per heavy atom. The summed E-state index contributed by atoms with van der Waals surface area (Å²) < 4.78 is 89.5. The Kier molecular flexibility index (Phi) is 12.3. The molecule has 13 nitrogen and oxygen atoms in total. The van der Waals surface area contributed by atoms with Crippen LogP contribution >= 0.6 is 39.1 Å². The first-order valence-corrected chi connectivity index (χ1v) is 16.1. The van der Waals surface area contributed by atoms with Crippen molar-refractivity contribution in [1.29, 1.82) is 0 Å². The first kappa shape index (κ1) is 38.4. The number of rotatable bonds is 7. The van der Waals surface area contributed by atoms with Crippen LogP contribution in [0.25, 0.3) is 11.3 Å². The molecule has 0 fully saturated rings. The van der Waals surface area contributed by atoms with Crippen molar-refractivity contribution in [2.75, 3.05) is 12.4 Å². The highest BCUT2D eigenvalue weighted by Gasteiger charge is 2.39. The van der Waals surface area contributed by atoms with Crippen LogP contribution < -0.4 is 14.8 Å². The van der Waals surface area contributed by atoms with Crippen LogP contribution in [0.1, 0.15) is 35.7 Å². The number of halogens is 7. The van der Waals surface area contributed by atoms with E-state index < -0.39 is 50.3 Å². The van der Waals surface area contributed by atoms with Gasteiger partial charge in [0, 0.05) is 12.6 Å². The maximum absolute atomic E-state index is 14.3. The summed E-state index contributed by atoms with van der Waals surface area (Å²) in [6, 6.07) is 6.53. The lowest BCUT2D eigenvalue weighted by Crippen LogP contribution is -2.35. The summed E-state index contributed by atoms with van der Waals surface area (Å²) in [6.45, 7) is 4.79. The number of hydrogen-bond acceptors (Lipinski definition) is 10.